The quantitative estimate of drug-likeness (QED) is 0.583. The van der Waals surface area contributed by atoms with Crippen LogP contribution in [0.5, 0.6) is 11.5 Å². The minimum atomic E-state index is -3.92. The zero-order valence-corrected chi connectivity index (χ0v) is 21.9. The molecule has 4 rings (SSSR count). The number of hydrogen-bond donors (Lipinski definition) is 1. The van der Waals surface area contributed by atoms with Gasteiger partial charge in [-0.05, 0) is 55.9 Å². The first kappa shape index (κ1) is 25.5. The smallest absolute Gasteiger partial charge is 0.257 e. The summed E-state index contributed by atoms with van der Waals surface area (Å²) in [5.74, 6) is 1.47. The number of methoxy groups -OCH3 is 1. The molecule has 2 aromatic carbocycles. The van der Waals surface area contributed by atoms with Crippen molar-refractivity contribution in [1.82, 2.24) is 9.62 Å². The molecule has 8 heteroatoms. The van der Waals surface area contributed by atoms with Crippen LogP contribution in [-0.2, 0) is 10.0 Å². The van der Waals surface area contributed by atoms with Crippen molar-refractivity contribution in [2.45, 2.75) is 69.4 Å². The van der Waals surface area contributed by atoms with E-state index in [1.807, 2.05) is 24.3 Å². The van der Waals surface area contributed by atoms with E-state index in [0.29, 0.717) is 36.9 Å². The summed E-state index contributed by atoms with van der Waals surface area (Å²) in [4.78, 5) is 15.1. The van der Waals surface area contributed by atoms with E-state index in [-0.39, 0.29) is 16.4 Å². The zero-order chi connectivity index (χ0) is 25.2. The lowest BCUT2D eigenvalue weighted by Crippen LogP contribution is -2.44. The fourth-order valence-corrected chi connectivity index (χ4v) is 6.31. The number of para-hydroxylation sites is 1. The van der Waals surface area contributed by atoms with Crippen LogP contribution < -0.4 is 14.2 Å². The van der Waals surface area contributed by atoms with Gasteiger partial charge in [-0.25, -0.2) is 13.1 Å². The van der Waals surface area contributed by atoms with E-state index in [9.17, 15) is 13.2 Å². The van der Waals surface area contributed by atoms with E-state index in [2.05, 4.69) is 25.5 Å². The van der Waals surface area contributed by atoms with Crippen LogP contribution >= 0.6 is 0 Å². The van der Waals surface area contributed by atoms with Crippen LogP contribution in [0.1, 0.15) is 74.8 Å². The van der Waals surface area contributed by atoms with Crippen molar-refractivity contribution < 1.29 is 22.7 Å². The lowest BCUT2D eigenvalue weighted by molar-refractivity contribution is 0.0260. The van der Waals surface area contributed by atoms with E-state index in [1.165, 1.54) is 19.2 Å². The number of amides is 1. The Kier molecular flexibility index (Phi) is 7.43. The number of benzene rings is 2. The maximum absolute atomic E-state index is 13.6. The summed E-state index contributed by atoms with van der Waals surface area (Å²) in [6.07, 6.45) is 3.95. The average molecular weight is 501 g/mol. The number of sulfonamides is 1. The highest BCUT2D eigenvalue weighted by Crippen LogP contribution is 2.43. The summed E-state index contributed by atoms with van der Waals surface area (Å²) < 4.78 is 41.8. The molecule has 0 radical (unpaired) electrons. The van der Waals surface area contributed by atoms with Crippen LogP contribution in [0.2, 0.25) is 0 Å². The SMILES string of the molecule is CCC1(CC)C[C@H](NS(=O)(=O)c2ccc(OC)c(C(=O)N3CCC(C)CC3)c2)c2ccccc2O1. The van der Waals surface area contributed by atoms with Crippen molar-refractivity contribution >= 4 is 15.9 Å². The molecule has 0 spiro atoms. The summed E-state index contributed by atoms with van der Waals surface area (Å²) in [6.45, 7) is 7.62. The minimum Gasteiger partial charge on any atom is -0.496 e. The predicted molar refractivity (Wildman–Crippen MR) is 135 cm³/mol. The molecule has 0 unspecified atom stereocenters. The second-order valence-corrected chi connectivity index (χ2v) is 11.5. The first-order valence-corrected chi connectivity index (χ1v) is 14.0. The van der Waals surface area contributed by atoms with Gasteiger partial charge in [0.2, 0.25) is 10.0 Å². The molecule has 0 bridgehead atoms. The average Bonchev–Trinajstić information content (AvgIpc) is 2.88. The maximum Gasteiger partial charge on any atom is 0.257 e. The van der Waals surface area contributed by atoms with Gasteiger partial charge in [0.15, 0.2) is 0 Å². The lowest BCUT2D eigenvalue weighted by Gasteiger charge is -2.41. The molecule has 0 aliphatic carbocycles. The second kappa shape index (κ2) is 10.2. The Bertz CT molecular complexity index is 1170. The van der Waals surface area contributed by atoms with Gasteiger partial charge in [0.05, 0.1) is 23.6 Å². The summed E-state index contributed by atoms with van der Waals surface area (Å²) in [5.41, 5.74) is 0.656. The number of nitrogens with one attached hydrogen (secondary N) is 1. The summed E-state index contributed by atoms with van der Waals surface area (Å²) in [7, 11) is -2.43. The topological polar surface area (TPSA) is 84.9 Å². The van der Waals surface area contributed by atoms with Crippen LogP contribution in [0.15, 0.2) is 47.4 Å². The van der Waals surface area contributed by atoms with Crippen LogP contribution in [-0.4, -0.2) is 45.0 Å². The predicted octanol–water partition coefficient (Wildman–Crippen LogP) is 4.93. The molecule has 190 valence electrons. The van der Waals surface area contributed by atoms with Gasteiger partial charge in [-0.3, -0.25) is 4.79 Å². The number of likely N-dealkylation sites (tertiary alicyclic amines) is 1. The number of carbonyl (C=O) groups excluding carboxylic acids is 1. The van der Waals surface area contributed by atoms with Crippen LogP contribution in [0.25, 0.3) is 0 Å². The first-order chi connectivity index (χ1) is 16.7. The van der Waals surface area contributed by atoms with Crippen molar-refractivity contribution in [3.05, 3.63) is 53.6 Å². The monoisotopic (exact) mass is 500 g/mol. The first-order valence-electron chi connectivity index (χ1n) is 12.5. The Morgan fingerprint density at radius 3 is 2.49 bits per heavy atom. The van der Waals surface area contributed by atoms with Gasteiger partial charge in [-0.15, -0.1) is 0 Å². The van der Waals surface area contributed by atoms with Crippen LogP contribution in [0.4, 0.5) is 0 Å². The molecule has 2 aliphatic rings. The van der Waals surface area contributed by atoms with Gasteiger partial charge in [-0.2, -0.15) is 0 Å². The number of nitrogens with zero attached hydrogens (tertiary/aromatic N) is 1. The minimum absolute atomic E-state index is 0.0506. The zero-order valence-electron chi connectivity index (χ0n) is 21.0. The molecule has 2 aromatic rings. The lowest BCUT2D eigenvalue weighted by atomic mass is 9.84. The highest BCUT2D eigenvalue weighted by atomic mass is 32.2. The molecule has 1 N–H and O–H groups in total. The van der Waals surface area contributed by atoms with Crippen LogP contribution in [0.3, 0.4) is 0 Å². The van der Waals surface area contributed by atoms with Gasteiger partial charge in [0.1, 0.15) is 17.1 Å². The molecular weight excluding hydrogens is 464 g/mol. The van der Waals surface area contributed by atoms with Crippen molar-refractivity contribution in [3.8, 4) is 11.5 Å². The third-order valence-corrected chi connectivity index (χ3v) is 9.03. The molecule has 1 atom stereocenters. The molecule has 1 saturated heterocycles. The van der Waals surface area contributed by atoms with E-state index in [0.717, 1.165) is 31.2 Å². The van der Waals surface area contributed by atoms with E-state index in [4.69, 9.17) is 9.47 Å². The molecule has 0 saturated carbocycles. The third-order valence-electron chi connectivity index (χ3n) is 7.57. The standard InChI is InChI=1S/C27H36N2O5S/c1-5-27(6-2)18-23(21-9-7-8-10-25(21)34-27)28-35(31,32)20-11-12-24(33-4)22(17-20)26(30)29-15-13-19(3)14-16-29/h7-12,17,19,23,28H,5-6,13-16,18H2,1-4H3/t23-/m0/s1. The Morgan fingerprint density at radius 1 is 1.14 bits per heavy atom. The molecule has 2 aliphatic heterocycles. The number of piperidine rings is 1. The Morgan fingerprint density at radius 2 is 1.83 bits per heavy atom. The summed E-state index contributed by atoms with van der Waals surface area (Å²) >= 11 is 0. The van der Waals surface area contributed by atoms with Crippen LogP contribution in [0, 0.1) is 5.92 Å². The maximum atomic E-state index is 13.6. The number of fused-ring (bicyclic) bond motifs is 1. The van der Waals surface area contributed by atoms with Crippen molar-refractivity contribution in [1.29, 1.82) is 0 Å². The van der Waals surface area contributed by atoms with Crippen molar-refractivity contribution in [2.24, 2.45) is 5.92 Å². The highest BCUT2D eigenvalue weighted by Gasteiger charge is 2.40. The van der Waals surface area contributed by atoms with Gasteiger partial charge in [-0.1, -0.05) is 39.0 Å². The molecule has 1 amide bonds. The van der Waals surface area contributed by atoms with Gasteiger partial charge in [0.25, 0.3) is 5.91 Å². The summed E-state index contributed by atoms with van der Waals surface area (Å²) in [5, 5.41) is 0. The van der Waals surface area contributed by atoms with E-state index >= 15 is 0 Å². The van der Waals surface area contributed by atoms with Gasteiger partial charge >= 0.3 is 0 Å². The molecular formula is C27H36N2O5S. The van der Waals surface area contributed by atoms with E-state index < -0.39 is 21.7 Å². The van der Waals surface area contributed by atoms with Crippen molar-refractivity contribution in [3.63, 3.8) is 0 Å². The fraction of sp³-hybridized carbons (Fsp3) is 0.519. The molecule has 2 heterocycles. The molecule has 1 fully saturated rings. The number of carbonyl (C=O) groups is 1. The molecule has 35 heavy (non-hydrogen) atoms. The molecule has 0 aromatic heterocycles. The Balaban J connectivity index is 1.65. The largest absolute Gasteiger partial charge is 0.496 e. The second-order valence-electron chi connectivity index (χ2n) is 9.74. The fourth-order valence-electron chi connectivity index (χ4n) is 5.07. The summed E-state index contributed by atoms with van der Waals surface area (Å²) in [6, 6.07) is 11.6. The number of rotatable bonds is 7. The highest BCUT2D eigenvalue weighted by molar-refractivity contribution is 7.89. The molecule has 7 nitrogen and oxygen atoms in total. The van der Waals surface area contributed by atoms with Crippen molar-refractivity contribution in [2.75, 3.05) is 20.2 Å². The Labute approximate surface area is 208 Å². The number of ether oxygens (including phenoxy) is 2. The number of hydrogen-bond acceptors (Lipinski definition) is 5. The normalized spacial score (nSPS) is 20.1. The van der Waals surface area contributed by atoms with Gasteiger partial charge in [0, 0.05) is 25.1 Å². The van der Waals surface area contributed by atoms with Gasteiger partial charge < -0.3 is 14.4 Å². The van der Waals surface area contributed by atoms with E-state index in [1.54, 1.807) is 11.0 Å². The third kappa shape index (κ3) is 5.19. The Hall–Kier alpha value is -2.58.